The number of amides is 2. The second-order valence-corrected chi connectivity index (χ2v) is 8.14. The van der Waals surface area contributed by atoms with E-state index in [1.807, 2.05) is 0 Å². The van der Waals surface area contributed by atoms with Crippen LogP contribution in [0.4, 0.5) is 0 Å². The van der Waals surface area contributed by atoms with Gasteiger partial charge in [0, 0.05) is 0 Å². The minimum Gasteiger partial charge on any atom is -1.00 e. The number of unbranched alkanes of at least 4 members (excludes halogenated alkanes) is 12. The Kier molecular flexibility index (Phi) is 38.1. The van der Waals surface area contributed by atoms with Gasteiger partial charge in [-0.25, -0.2) is 0 Å². The first-order chi connectivity index (χ1) is 12.2. The number of hydrogen-bond acceptors (Lipinski definition) is 2. The van der Waals surface area contributed by atoms with Gasteiger partial charge in [0.05, 0.1) is 0 Å². The fourth-order valence-electron chi connectivity index (χ4n) is 2.78. The van der Waals surface area contributed by atoms with E-state index in [2.05, 4.69) is 21.4 Å². The number of hydrogen-bond donors (Lipinski definition) is 2. The van der Waals surface area contributed by atoms with Crippen molar-refractivity contribution >= 4 is 11.8 Å². The van der Waals surface area contributed by atoms with Crippen molar-refractivity contribution in [1.29, 1.82) is 0 Å². The smallest absolute Gasteiger partial charge is 1.00 e. The molecule has 2 N–H and O–H groups in total. The number of carbonyl (C=O) groups excluding carboxylic acids is 2. The molecule has 0 aliphatic rings. The van der Waals surface area contributed by atoms with Gasteiger partial charge in [-0.3, -0.25) is 0 Å². The van der Waals surface area contributed by atoms with Crippen molar-refractivity contribution in [2.24, 2.45) is 0 Å². The van der Waals surface area contributed by atoms with Crippen LogP contribution in [0, 0.1) is 0 Å². The molecule has 0 rings (SSSR count). The minimum absolute atomic E-state index is 0. The summed E-state index contributed by atoms with van der Waals surface area (Å²) in [5.41, 5.74) is 0. The van der Waals surface area contributed by atoms with E-state index in [4.69, 9.17) is 0 Å². The van der Waals surface area contributed by atoms with E-state index >= 15 is 0 Å². The molecule has 2 amide bonds. The molecule has 28 heavy (non-hydrogen) atoms. The van der Waals surface area contributed by atoms with Crippen molar-refractivity contribution in [2.45, 2.75) is 117 Å². The molecule has 0 aromatic rings. The molecule has 0 aliphatic heterocycles. The van der Waals surface area contributed by atoms with Crippen LogP contribution in [0.1, 0.15) is 117 Å². The molecule has 0 saturated heterocycles. The van der Waals surface area contributed by atoms with E-state index < -0.39 is 19.7 Å². The van der Waals surface area contributed by atoms with Gasteiger partial charge in [-0.15, -0.1) is 0 Å². The van der Waals surface area contributed by atoms with Crippen LogP contribution < -0.4 is 44.8 Å². The second-order valence-electron chi connectivity index (χ2n) is 6.96. The van der Waals surface area contributed by atoms with Crippen LogP contribution in [0.2, 0.25) is 0 Å². The van der Waals surface area contributed by atoms with Crippen LogP contribution in [0.3, 0.4) is 0 Å². The van der Waals surface area contributed by atoms with Crippen molar-refractivity contribution in [3.8, 4) is 0 Å². The number of halogens is 3. The normalized spacial score (nSPS) is 9.21. The Labute approximate surface area is 201 Å². The monoisotopic (exact) mass is 493 g/mol. The molecule has 0 unspecified atom stereocenters. The molecule has 0 bridgehead atoms. The van der Waals surface area contributed by atoms with E-state index in [1.165, 1.54) is 64.2 Å². The molecule has 0 aromatic carbocycles. The van der Waals surface area contributed by atoms with Crippen LogP contribution >= 0.6 is 0 Å². The van der Waals surface area contributed by atoms with Crippen LogP contribution in [0.5, 0.6) is 0 Å². The fraction of sp³-hybridized carbons (Fsp3) is 0.900. The standard InChI is InChI=1S/2C10H21NO.3ClH.Ti/c2*1-2-3-4-5-6-7-8-9-10(11)12;;;;/h2*2-9H2,1H3,(H2,11,12);3*1H;/q;;;;;+5/p-5. The molecular formula is C20H40Cl3N2O2Ti. The first-order valence-electron chi connectivity index (χ1n) is 10.5. The quantitative estimate of drug-likeness (QED) is 0.153. The maximum Gasteiger partial charge on any atom is -1.00 e. The Morgan fingerprint density at radius 2 is 0.821 bits per heavy atom. The molecule has 0 aliphatic carbocycles. The SMILES string of the molecule is CCCCCCCCCC(=O)[NH][Ti+3][NH]C(=O)CCCCCCCCC.[Cl-].[Cl-].[Cl-]. The topological polar surface area (TPSA) is 58.2 Å². The van der Waals surface area contributed by atoms with Gasteiger partial charge in [0.15, 0.2) is 0 Å². The molecule has 8 heteroatoms. The molecule has 167 valence electrons. The van der Waals surface area contributed by atoms with Gasteiger partial charge >= 0.3 is 165 Å². The van der Waals surface area contributed by atoms with Crippen molar-refractivity contribution in [3.05, 3.63) is 0 Å². The fourth-order valence-corrected chi connectivity index (χ4v) is 3.70. The minimum atomic E-state index is -0.859. The van der Waals surface area contributed by atoms with Gasteiger partial charge in [0.1, 0.15) is 0 Å². The van der Waals surface area contributed by atoms with E-state index in [9.17, 15) is 9.59 Å². The zero-order chi connectivity index (χ0) is 18.6. The Morgan fingerprint density at radius 3 is 1.14 bits per heavy atom. The zero-order valence-electron chi connectivity index (χ0n) is 17.8. The van der Waals surface area contributed by atoms with Crippen molar-refractivity contribution in [3.63, 3.8) is 0 Å². The molecule has 0 radical (unpaired) electrons. The zero-order valence-corrected chi connectivity index (χ0v) is 21.6. The van der Waals surface area contributed by atoms with Crippen molar-refractivity contribution in [2.75, 3.05) is 0 Å². The third-order valence-electron chi connectivity index (χ3n) is 4.42. The molecule has 0 saturated carbocycles. The summed E-state index contributed by atoms with van der Waals surface area (Å²) >= 11 is -0.859. The molecule has 0 aromatic heterocycles. The Hall–Kier alpha value is 0.524. The summed E-state index contributed by atoms with van der Waals surface area (Å²) in [4.78, 5) is 23.4. The second kappa shape index (κ2) is 29.7. The molecular weight excluding hydrogens is 454 g/mol. The molecule has 0 fully saturated rings. The van der Waals surface area contributed by atoms with Crippen LogP contribution in [-0.2, 0) is 29.3 Å². The van der Waals surface area contributed by atoms with Gasteiger partial charge in [0.25, 0.3) is 0 Å². The van der Waals surface area contributed by atoms with Crippen LogP contribution in [0.25, 0.3) is 0 Å². The number of rotatable bonds is 18. The largest absolute Gasteiger partial charge is 1.00 e. The summed E-state index contributed by atoms with van der Waals surface area (Å²) in [6, 6.07) is 0. The summed E-state index contributed by atoms with van der Waals surface area (Å²) in [5.74, 6) is 0.203. The van der Waals surface area contributed by atoms with Crippen LogP contribution in [-0.4, -0.2) is 11.8 Å². The number of nitrogens with one attached hydrogen (secondary N) is 2. The molecule has 4 nitrogen and oxygen atoms in total. The maximum absolute atomic E-state index is 11.7. The first-order valence-corrected chi connectivity index (χ1v) is 12.1. The summed E-state index contributed by atoms with van der Waals surface area (Å²) in [6.45, 7) is 4.45. The Balaban J connectivity index is -0.000000960. The van der Waals surface area contributed by atoms with E-state index in [1.54, 1.807) is 0 Å². The van der Waals surface area contributed by atoms with E-state index in [-0.39, 0.29) is 49.0 Å². The summed E-state index contributed by atoms with van der Waals surface area (Å²) in [5, 5.41) is 0. The van der Waals surface area contributed by atoms with Gasteiger partial charge in [-0.2, -0.15) is 0 Å². The van der Waals surface area contributed by atoms with E-state index in [0.29, 0.717) is 12.8 Å². The van der Waals surface area contributed by atoms with Gasteiger partial charge < -0.3 is 37.2 Å². The predicted molar refractivity (Wildman–Crippen MR) is 102 cm³/mol. The van der Waals surface area contributed by atoms with Crippen molar-refractivity contribution < 1.29 is 66.5 Å². The van der Waals surface area contributed by atoms with Crippen LogP contribution in [0.15, 0.2) is 0 Å². The summed E-state index contributed by atoms with van der Waals surface area (Å²) in [7, 11) is 0. The van der Waals surface area contributed by atoms with E-state index in [0.717, 1.165) is 25.7 Å². The molecule has 0 atom stereocenters. The maximum atomic E-state index is 11.7. The molecule has 0 spiro atoms. The number of carbonyl (C=O) groups is 2. The average Bonchev–Trinajstić information content (AvgIpc) is 2.60. The predicted octanol–water partition coefficient (Wildman–Crippen LogP) is -3.58. The van der Waals surface area contributed by atoms with Gasteiger partial charge in [0.2, 0.25) is 0 Å². The third kappa shape index (κ3) is 28.7. The third-order valence-corrected chi connectivity index (χ3v) is 5.68. The Bertz CT molecular complexity index is 309. The molecule has 0 heterocycles. The van der Waals surface area contributed by atoms with Gasteiger partial charge in [-0.1, -0.05) is 0 Å². The average molecular weight is 495 g/mol. The summed E-state index contributed by atoms with van der Waals surface area (Å²) in [6.07, 6.45) is 18.3. The first kappa shape index (κ1) is 35.9. The summed E-state index contributed by atoms with van der Waals surface area (Å²) < 4.78 is 5.81. The Morgan fingerprint density at radius 1 is 0.536 bits per heavy atom. The van der Waals surface area contributed by atoms with Crippen molar-refractivity contribution in [1.82, 2.24) is 7.60 Å². The van der Waals surface area contributed by atoms with Gasteiger partial charge in [-0.05, 0) is 0 Å².